The van der Waals surface area contributed by atoms with E-state index in [1.165, 1.54) is 0 Å². The molecule has 3 heteroatoms. The van der Waals surface area contributed by atoms with E-state index in [1.54, 1.807) is 6.08 Å². The Morgan fingerprint density at radius 2 is 2.19 bits per heavy atom. The van der Waals surface area contributed by atoms with Gasteiger partial charge in [-0.1, -0.05) is 24.3 Å². The number of nitrogens with two attached hydrogens (primary N) is 1. The lowest BCUT2D eigenvalue weighted by Gasteiger charge is -2.01. The molecule has 0 spiro atoms. The Hall–Kier alpha value is -1.58. The van der Waals surface area contributed by atoms with Gasteiger partial charge in [0, 0.05) is 10.9 Å². The van der Waals surface area contributed by atoms with Crippen LogP contribution in [0.2, 0.25) is 0 Å². The fourth-order valence-corrected chi connectivity index (χ4v) is 1.72. The second-order valence-electron chi connectivity index (χ2n) is 3.51. The molecule has 2 aromatic rings. The van der Waals surface area contributed by atoms with Crippen LogP contribution in [0.3, 0.4) is 0 Å². The largest absolute Gasteiger partial charge is 0.459 e. The van der Waals surface area contributed by atoms with Gasteiger partial charge in [-0.05, 0) is 6.07 Å². The van der Waals surface area contributed by atoms with Gasteiger partial charge in [-0.25, -0.2) is 0 Å². The van der Waals surface area contributed by atoms with Gasteiger partial charge in [0.25, 0.3) is 0 Å². The van der Waals surface area contributed by atoms with Crippen LogP contribution in [0.25, 0.3) is 11.0 Å². The van der Waals surface area contributed by atoms with Gasteiger partial charge in [-0.3, -0.25) is 0 Å². The highest BCUT2D eigenvalue weighted by Gasteiger charge is 2.11. The van der Waals surface area contributed by atoms with E-state index in [1.807, 2.05) is 24.3 Å². The number of rotatable bonds is 5. The molecule has 0 unspecified atom stereocenters. The van der Waals surface area contributed by atoms with Crippen molar-refractivity contribution in [3.05, 3.63) is 48.2 Å². The smallest absolute Gasteiger partial charge is 0.134 e. The summed E-state index contributed by atoms with van der Waals surface area (Å²) in [6.07, 6.45) is 1.73. The maximum absolute atomic E-state index is 5.65. The van der Waals surface area contributed by atoms with Crippen LogP contribution in [-0.2, 0) is 17.9 Å². The highest BCUT2D eigenvalue weighted by Crippen LogP contribution is 2.26. The Labute approximate surface area is 94.5 Å². The third-order valence-electron chi connectivity index (χ3n) is 2.45. The van der Waals surface area contributed by atoms with Crippen molar-refractivity contribution < 1.29 is 9.15 Å². The van der Waals surface area contributed by atoms with Gasteiger partial charge in [-0.15, -0.1) is 6.58 Å². The molecule has 0 aliphatic rings. The standard InChI is InChI=1S/C13H15NO2/c1-2-7-15-9-11-10-5-3-4-6-12(10)16-13(11)8-14/h2-6H,1,7-9,14H2. The quantitative estimate of drug-likeness (QED) is 0.618. The summed E-state index contributed by atoms with van der Waals surface area (Å²) in [6.45, 7) is 5.04. The van der Waals surface area contributed by atoms with Crippen LogP contribution in [-0.4, -0.2) is 6.61 Å². The SMILES string of the molecule is C=CCOCc1c(CN)oc2ccccc12. The first kappa shape index (κ1) is 10.9. The molecule has 1 heterocycles. The van der Waals surface area contributed by atoms with Crippen molar-refractivity contribution in [2.24, 2.45) is 5.73 Å². The van der Waals surface area contributed by atoms with Crippen LogP contribution in [0.5, 0.6) is 0 Å². The van der Waals surface area contributed by atoms with E-state index in [0.717, 1.165) is 22.3 Å². The van der Waals surface area contributed by atoms with Crippen LogP contribution >= 0.6 is 0 Å². The summed E-state index contributed by atoms with van der Waals surface area (Å²) >= 11 is 0. The zero-order chi connectivity index (χ0) is 11.4. The van der Waals surface area contributed by atoms with Gasteiger partial charge >= 0.3 is 0 Å². The summed E-state index contributed by atoms with van der Waals surface area (Å²) in [5.74, 6) is 0.797. The highest BCUT2D eigenvalue weighted by molar-refractivity contribution is 5.82. The summed E-state index contributed by atoms with van der Waals surface area (Å²) in [4.78, 5) is 0. The average molecular weight is 217 g/mol. The Balaban J connectivity index is 2.35. The molecule has 2 N–H and O–H groups in total. The molecule has 0 saturated carbocycles. The molecule has 0 radical (unpaired) electrons. The van der Waals surface area contributed by atoms with Gasteiger partial charge in [0.2, 0.25) is 0 Å². The Morgan fingerprint density at radius 1 is 1.38 bits per heavy atom. The maximum Gasteiger partial charge on any atom is 0.134 e. The normalized spacial score (nSPS) is 10.8. The second kappa shape index (κ2) is 4.96. The van der Waals surface area contributed by atoms with E-state index in [2.05, 4.69) is 6.58 Å². The van der Waals surface area contributed by atoms with E-state index in [9.17, 15) is 0 Å². The first-order valence-electron chi connectivity index (χ1n) is 5.24. The molecule has 0 aliphatic carbocycles. The molecule has 0 aliphatic heterocycles. The van der Waals surface area contributed by atoms with Crippen LogP contribution in [0.4, 0.5) is 0 Å². The van der Waals surface area contributed by atoms with Crippen LogP contribution in [0.15, 0.2) is 41.3 Å². The molecule has 1 aromatic carbocycles. The molecule has 2 rings (SSSR count). The molecule has 16 heavy (non-hydrogen) atoms. The number of fused-ring (bicyclic) bond motifs is 1. The summed E-state index contributed by atoms with van der Waals surface area (Å²) < 4.78 is 11.1. The third-order valence-corrected chi connectivity index (χ3v) is 2.45. The summed E-state index contributed by atoms with van der Waals surface area (Å²) in [6, 6.07) is 7.88. The summed E-state index contributed by atoms with van der Waals surface area (Å²) in [5, 5.41) is 1.08. The first-order valence-corrected chi connectivity index (χ1v) is 5.24. The minimum atomic E-state index is 0.390. The molecule has 0 amide bonds. The minimum Gasteiger partial charge on any atom is -0.459 e. The molecule has 3 nitrogen and oxygen atoms in total. The van der Waals surface area contributed by atoms with E-state index in [4.69, 9.17) is 14.9 Å². The molecule has 0 fully saturated rings. The van der Waals surface area contributed by atoms with Crippen molar-refractivity contribution in [2.75, 3.05) is 6.61 Å². The zero-order valence-corrected chi connectivity index (χ0v) is 9.11. The van der Waals surface area contributed by atoms with Gasteiger partial charge in [0.05, 0.1) is 19.8 Å². The minimum absolute atomic E-state index is 0.390. The van der Waals surface area contributed by atoms with Gasteiger partial charge < -0.3 is 14.9 Å². The van der Waals surface area contributed by atoms with Crippen LogP contribution in [0.1, 0.15) is 11.3 Å². The average Bonchev–Trinajstić information content (AvgIpc) is 2.68. The second-order valence-corrected chi connectivity index (χ2v) is 3.51. The number of benzene rings is 1. The predicted molar refractivity (Wildman–Crippen MR) is 64.0 cm³/mol. The van der Waals surface area contributed by atoms with E-state index < -0.39 is 0 Å². The number of hydrogen-bond donors (Lipinski definition) is 1. The van der Waals surface area contributed by atoms with Gasteiger partial charge in [-0.2, -0.15) is 0 Å². The molecule has 84 valence electrons. The summed E-state index contributed by atoms with van der Waals surface area (Å²) in [7, 11) is 0. The van der Waals surface area contributed by atoms with Crippen molar-refractivity contribution >= 4 is 11.0 Å². The van der Waals surface area contributed by atoms with Gasteiger partial charge in [0.15, 0.2) is 0 Å². The van der Waals surface area contributed by atoms with Crippen molar-refractivity contribution in [2.45, 2.75) is 13.2 Å². The molecule has 0 atom stereocenters. The maximum atomic E-state index is 5.65. The zero-order valence-electron chi connectivity index (χ0n) is 9.11. The third kappa shape index (κ3) is 2.01. The van der Waals surface area contributed by atoms with E-state index >= 15 is 0 Å². The topological polar surface area (TPSA) is 48.4 Å². The number of para-hydroxylation sites is 1. The monoisotopic (exact) mass is 217 g/mol. The van der Waals surface area contributed by atoms with Crippen LogP contribution < -0.4 is 5.73 Å². The fourth-order valence-electron chi connectivity index (χ4n) is 1.72. The van der Waals surface area contributed by atoms with Gasteiger partial charge in [0.1, 0.15) is 11.3 Å². The van der Waals surface area contributed by atoms with Crippen molar-refractivity contribution in [3.8, 4) is 0 Å². The van der Waals surface area contributed by atoms with Crippen molar-refractivity contribution in [3.63, 3.8) is 0 Å². The Morgan fingerprint density at radius 3 is 2.94 bits per heavy atom. The summed E-state index contributed by atoms with van der Waals surface area (Å²) in [5.41, 5.74) is 7.55. The lowest BCUT2D eigenvalue weighted by molar-refractivity contribution is 0.148. The number of furan rings is 1. The molecule has 0 saturated heterocycles. The lowest BCUT2D eigenvalue weighted by atomic mass is 10.1. The number of ether oxygens (including phenoxy) is 1. The van der Waals surface area contributed by atoms with E-state index in [-0.39, 0.29) is 0 Å². The fraction of sp³-hybridized carbons (Fsp3) is 0.231. The molecule has 1 aromatic heterocycles. The molecule has 0 bridgehead atoms. The van der Waals surface area contributed by atoms with E-state index in [0.29, 0.717) is 19.8 Å². The number of hydrogen-bond acceptors (Lipinski definition) is 3. The molecular formula is C13H15NO2. The molecular weight excluding hydrogens is 202 g/mol. The Bertz CT molecular complexity index is 488. The van der Waals surface area contributed by atoms with Crippen LogP contribution in [0, 0.1) is 0 Å². The van der Waals surface area contributed by atoms with Crippen molar-refractivity contribution in [1.82, 2.24) is 0 Å². The van der Waals surface area contributed by atoms with Crippen molar-refractivity contribution in [1.29, 1.82) is 0 Å². The predicted octanol–water partition coefficient (Wildman–Crippen LogP) is 2.59. The first-order chi connectivity index (χ1) is 7.86. The Kier molecular flexibility index (Phi) is 3.39. The lowest BCUT2D eigenvalue weighted by Crippen LogP contribution is -2.00. The highest BCUT2D eigenvalue weighted by atomic mass is 16.5.